The fraction of sp³-hybridized carbons (Fsp3) is 0.708. The van der Waals surface area contributed by atoms with Crippen molar-refractivity contribution in [3.63, 3.8) is 0 Å². The van der Waals surface area contributed by atoms with Crippen LogP contribution in [0.4, 0.5) is 0 Å². The molecule has 1 unspecified atom stereocenters. The van der Waals surface area contributed by atoms with Gasteiger partial charge in [0, 0.05) is 31.7 Å². The number of likely N-dealkylation sites (tertiary alicyclic amines) is 1. The van der Waals surface area contributed by atoms with Gasteiger partial charge in [0.1, 0.15) is 12.4 Å². The summed E-state index contributed by atoms with van der Waals surface area (Å²) >= 11 is 0. The van der Waals surface area contributed by atoms with Crippen LogP contribution in [-0.4, -0.2) is 93.6 Å². The number of methoxy groups -OCH3 is 1. The van der Waals surface area contributed by atoms with Gasteiger partial charge in [0.15, 0.2) is 0 Å². The van der Waals surface area contributed by atoms with Gasteiger partial charge in [-0.1, -0.05) is 13.8 Å². The Labute approximate surface area is 198 Å². The molecule has 2 fully saturated rings. The van der Waals surface area contributed by atoms with Crippen LogP contribution in [0.2, 0.25) is 0 Å². The molecule has 2 aliphatic rings. The highest BCUT2D eigenvalue weighted by molar-refractivity contribution is 7.89. The van der Waals surface area contributed by atoms with Crippen molar-refractivity contribution in [1.82, 2.24) is 14.1 Å². The minimum atomic E-state index is -3.67. The molecule has 33 heavy (non-hydrogen) atoms. The second-order valence-electron chi connectivity index (χ2n) is 9.02. The summed E-state index contributed by atoms with van der Waals surface area (Å²) in [4.78, 5) is 17.2. The van der Waals surface area contributed by atoms with E-state index in [0.717, 1.165) is 45.4 Å². The van der Waals surface area contributed by atoms with Crippen LogP contribution >= 0.6 is 0 Å². The Morgan fingerprint density at radius 3 is 2.39 bits per heavy atom. The summed E-state index contributed by atoms with van der Waals surface area (Å²) < 4.78 is 39.6. The van der Waals surface area contributed by atoms with Crippen LogP contribution in [-0.2, 0) is 19.6 Å². The molecule has 1 amide bonds. The first-order chi connectivity index (χ1) is 15.7. The van der Waals surface area contributed by atoms with Crippen molar-refractivity contribution in [2.24, 2.45) is 0 Å². The molecule has 8 nitrogen and oxygen atoms in total. The van der Waals surface area contributed by atoms with E-state index in [1.165, 1.54) is 0 Å². The van der Waals surface area contributed by atoms with Crippen LogP contribution < -0.4 is 4.74 Å². The third kappa shape index (κ3) is 5.70. The smallest absolute Gasteiger partial charge is 0.248 e. The van der Waals surface area contributed by atoms with Crippen LogP contribution in [0.3, 0.4) is 0 Å². The predicted octanol–water partition coefficient (Wildman–Crippen LogP) is 2.42. The highest BCUT2D eigenvalue weighted by atomic mass is 32.2. The fourth-order valence-electron chi connectivity index (χ4n) is 5.22. The molecule has 2 heterocycles. The van der Waals surface area contributed by atoms with Crippen molar-refractivity contribution in [3.8, 4) is 5.75 Å². The van der Waals surface area contributed by atoms with Gasteiger partial charge in [-0.05, 0) is 69.5 Å². The number of aryl methyl sites for hydroxylation is 2. The quantitative estimate of drug-likeness (QED) is 0.511. The summed E-state index contributed by atoms with van der Waals surface area (Å²) in [5.41, 5.74) is 1.34. The lowest BCUT2D eigenvalue weighted by atomic mass is 10.1. The number of rotatable bonds is 10. The highest BCUT2D eigenvalue weighted by Gasteiger charge is 2.37. The number of likely N-dealkylation sites (N-methyl/N-ethyl adjacent to an activating group) is 1. The van der Waals surface area contributed by atoms with Gasteiger partial charge < -0.3 is 14.4 Å². The molecule has 0 aliphatic carbocycles. The second kappa shape index (κ2) is 11.2. The number of carbonyl (C=O) groups excluding carboxylic acids is 1. The summed E-state index contributed by atoms with van der Waals surface area (Å²) in [6.07, 6.45) is 2.51. The van der Waals surface area contributed by atoms with Crippen molar-refractivity contribution in [2.75, 3.05) is 53.0 Å². The van der Waals surface area contributed by atoms with Crippen LogP contribution in [0.5, 0.6) is 5.75 Å². The number of amides is 1. The van der Waals surface area contributed by atoms with Crippen molar-refractivity contribution in [2.45, 2.75) is 63.9 Å². The molecule has 0 radical (unpaired) electrons. The fourth-order valence-corrected chi connectivity index (χ4v) is 7.32. The number of sulfonamides is 1. The Morgan fingerprint density at radius 1 is 1.12 bits per heavy atom. The third-order valence-corrected chi connectivity index (χ3v) is 9.20. The maximum Gasteiger partial charge on any atom is 0.248 e. The minimum absolute atomic E-state index is 0.00402. The lowest BCUT2D eigenvalue weighted by Gasteiger charge is -2.27. The second-order valence-corrected chi connectivity index (χ2v) is 10.8. The minimum Gasteiger partial charge on any atom is -0.497 e. The molecule has 0 bridgehead atoms. The van der Waals surface area contributed by atoms with E-state index < -0.39 is 10.0 Å². The van der Waals surface area contributed by atoms with E-state index in [2.05, 4.69) is 18.7 Å². The molecule has 0 aromatic heterocycles. The molecule has 1 aromatic rings. The largest absolute Gasteiger partial charge is 0.497 e. The molecule has 2 aliphatic heterocycles. The first kappa shape index (κ1) is 25.9. The summed E-state index contributed by atoms with van der Waals surface area (Å²) in [7, 11) is -2.09. The van der Waals surface area contributed by atoms with E-state index in [1.807, 2.05) is 4.90 Å². The van der Waals surface area contributed by atoms with Gasteiger partial charge in [-0.15, -0.1) is 0 Å². The van der Waals surface area contributed by atoms with E-state index in [9.17, 15) is 13.2 Å². The summed E-state index contributed by atoms with van der Waals surface area (Å²) in [6.45, 7) is 12.0. The van der Waals surface area contributed by atoms with Crippen LogP contribution in [0.15, 0.2) is 17.0 Å². The van der Waals surface area contributed by atoms with Gasteiger partial charge in [-0.3, -0.25) is 9.69 Å². The van der Waals surface area contributed by atoms with Crippen LogP contribution in [0, 0.1) is 13.8 Å². The molecular formula is C24H39N3O5S. The molecule has 0 spiro atoms. The molecule has 0 N–H and O–H groups in total. The Bertz CT molecular complexity index is 909. The molecule has 9 heteroatoms. The van der Waals surface area contributed by atoms with Crippen LogP contribution in [0.25, 0.3) is 0 Å². The van der Waals surface area contributed by atoms with Crippen molar-refractivity contribution in [1.29, 1.82) is 0 Å². The summed E-state index contributed by atoms with van der Waals surface area (Å²) in [5, 5.41) is 0. The SMILES string of the molecule is CCN(CC)C1CCN(C(=O)COC[C@@H]2CCCN2S(=O)(=O)c2c(C)cc(OC)cc2C)C1. The maximum absolute atomic E-state index is 13.5. The average molecular weight is 482 g/mol. The van der Waals surface area contributed by atoms with Crippen LogP contribution in [0.1, 0.15) is 44.2 Å². The van der Waals surface area contributed by atoms with Gasteiger partial charge in [0.05, 0.1) is 18.6 Å². The predicted molar refractivity (Wildman–Crippen MR) is 128 cm³/mol. The maximum atomic E-state index is 13.5. The first-order valence-electron chi connectivity index (χ1n) is 12.0. The van der Waals surface area contributed by atoms with E-state index >= 15 is 0 Å². The molecule has 3 rings (SSSR count). The zero-order valence-corrected chi connectivity index (χ0v) is 21.5. The molecule has 2 atom stereocenters. The normalized spacial score (nSPS) is 21.8. The first-order valence-corrected chi connectivity index (χ1v) is 13.4. The Morgan fingerprint density at radius 2 is 1.79 bits per heavy atom. The van der Waals surface area contributed by atoms with Gasteiger partial charge >= 0.3 is 0 Å². The zero-order valence-electron chi connectivity index (χ0n) is 20.7. The number of benzene rings is 1. The van der Waals surface area contributed by atoms with Crippen molar-refractivity contribution >= 4 is 15.9 Å². The topological polar surface area (TPSA) is 79.4 Å². The van der Waals surface area contributed by atoms with E-state index in [1.54, 1.807) is 37.4 Å². The average Bonchev–Trinajstić information content (AvgIpc) is 3.44. The standard InChI is InChI=1S/C24H39N3O5S/c1-6-25(7-2)20-10-12-26(15-20)23(28)17-32-16-21-9-8-11-27(21)33(29,30)24-18(3)13-22(31-5)14-19(24)4/h13-14,20-21H,6-12,15-17H2,1-5H3/t20?,21-/m0/s1. The van der Waals surface area contributed by atoms with Crippen molar-refractivity contribution < 1.29 is 22.7 Å². The summed E-state index contributed by atoms with van der Waals surface area (Å²) in [6, 6.07) is 3.66. The zero-order chi connectivity index (χ0) is 24.2. The monoisotopic (exact) mass is 481 g/mol. The Kier molecular flexibility index (Phi) is 8.77. The van der Waals surface area contributed by atoms with Gasteiger partial charge in [-0.25, -0.2) is 8.42 Å². The molecular weight excluding hydrogens is 442 g/mol. The number of ether oxygens (including phenoxy) is 2. The number of hydrogen-bond acceptors (Lipinski definition) is 6. The molecule has 1 aromatic carbocycles. The van der Waals surface area contributed by atoms with Gasteiger partial charge in [0.2, 0.25) is 15.9 Å². The van der Waals surface area contributed by atoms with Gasteiger partial charge in [0.25, 0.3) is 0 Å². The van der Waals surface area contributed by atoms with E-state index in [4.69, 9.17) is 9.47 Å². The summed E-state index contributed by atoms with van der Waals surface area (Å²) in [5.74, 6) is 0.632. The third-order valence-electron chi connectivity index (χ3n) is 6.94. The van der Waals surface area contributed by atoms with Crippen molar-refractivity contribution in [3.05, 3.63) is 23.3 Å². The number of hydrogen-bond donors (Lipinski definition) is 0. The van der Waals surface area contributed by atoms with E-state index in [-0.39, 0.29) is 25.2 Å². The molecule has 2 saturated heterocycles. The molecule has 186 valence electrons. The Hall–Kier alpha value is -1.68. The van der Waals surface area contributed by atoms with Gasteiger partial charge in [-0.2, -0.15) is 4.31 Å². The number of nitrogens with zero attached hydrogens (tertiary/aromatic N) is 3. The Balaban J connectivity index is 1.59. The molecule has 0 saturated carbocycles. The lowest BCUT2D eigenvalue weighted by Crippen LogP contribution is -2.41. The highest BCUT2D eigenvalue weighted by Crippen LogP contribution is 2.32. The van der Waals surface area contributed by atoms with E-state index in [0.29, 0.717) is 34.4 Å². The lowest BCUT2D eigenvalue weighted by molar-refractivity contribution is -0.135. The number of carbonyl (C=O) groups is 1.